The largest absolute Gasteiger partial charge is 0.332 e. The number of amides is 1. The van der Waals surface area contributed by atoms with Gasteiger partial charge in [0.2, 0.25) is 5.91 Å². The van der Waals surface area contributed by atoms with Crippen LogP contribution in [0.2, 0.25) is 0 Å². The molecule has 1 rings (SSSR count). The molecule has 4 heteroatoms. The Kier molecular flexibility index (Phi) is 2.92. The maximum atomic E-state index is 12.1. The normalized spacial score (nSPS) is 25.4. The summed E-state index contributed by atoms with van der Waals surface area (Å²) < 4.78 is 0. The van der Waals surface area contributed by atoms with Gasteiger partial charge in [-0.1, -0.05) is 0 Å². The van der Waals surface area contributed by atoms with Crippen molar-refractivity contribution in [1.82, 2.24) is 9.80 Å². The first-order valence-electron chi connectivity index (χ1n) is 5.20. The van der Waals surface area contributed by atoms with E-state index in [-0.39, 0.29) is 18.0 Å². The van der Waals surface area contributed by atoms with E-state index in [1.54, 1.807) is 4.90 Å². The third-order valence-electron chi connectivity index (χ3n) is 3.43. The number of aldehydes is 1. The van der Waals surface area contributed by atoms with E-state index in [4.69, 9.17) is 0 Å². The molecule has 0 aromatic carbocycles. The number of carbonyl (C=O) groups is 2. The third kappa shape index (κ3) is 1.91. The minimum Gasteiger partial charge on any atom is -0.332 e. The lowest BCUT2D eigenvalue weighted by molar-refractivity contribution is -0.157. The Bertz CT molecular complexity index is 284. The Labute approximate surface area is 91.2 Å². The summed E-state index contributed by atoms with van der Waals surface area (Å²) in [5.74, 6) is 0.0245. The van der Waals surface area contributed by atoms with Crippen molar-refractivity contribution in [3.05, 3.63) is 0 Å². The van der Waals surface area contributed by atoms with Crippen LogP contribution in [-0.4, -0.2) is 53.2 Å². The van der Waals surface area contributed by atoms with E-state index < -0.39 is 5.54 Å². The molecular formula is C11H20N2O2. The molecule has 0 N–H and O–H groups in total. The van der Waals surface area contributed by atoms with Crippen molar-refractivity contribution >= 4 is 12.2 Å². The average molecular weight is 212 g/mol. The van der Waals surface area contributed by atoms with Gasteiger partial charge in [-0.25, -0.2) is 0 Å². The molecule has 1 aliphatic rings. The van der Waals surface area contributed by atoms with Gasteiger partial charge in [-0.15, -0.1) is 0 Å². The maximum Gasteiger partial charge on any atom is 0.242 e. The van der Waals surface area contributed by atoms with Gasteiger partial charge >= 0.3 is 0 Å². The summed E-state index contributed by atoms with van der Waals surface area (Å²) >= 11 is 0. The second-order valence-electron chi connectivity index (χ2n) is 5.28. The van der Waals surface area contributed by atoms with Gasteiger partial charge in [0.15, 0.2) is 0 Å². The molecule has 1 amide bonds. The Morgan fingerprint density at radius 1 is 1.33 bits per heavy atom. The highest BCUT2D eigenvalue weighted by Gasteiger charge is 2.47. The lowest BCUT2D eigenvalue weighted by Gasteiger charge is -2.53. The number of carbonyl (C=O) groups excluding carboxylic acids is 2. The fourth-order valence-electron chi connectivity index (χ4n) is 2.17. The maximum absolute atomic E-state index is 12.1. The third-order valence-corrected chi connectivity index (χ3v) is 3.43. The van der Waals surface area contributed by atoms with Crippen molar-refractivity contribution in [1.29, 1.82) is 0 Å². The average Bonchev–Trinajstić information content (AvgIpc) is 2.12. The molecule has 0 aliphatic carbocycles. The quantitative estimate of drug-likeness (QED) is 0.626. The van der Waals surface area contributed by atoms with Crippen LogP contribution in [0.3, 0.4) is 0 Å². The molecule has 1 fully saturated rings. The summed E-state index contributed by atoms with van der Waals surface area (Å²) in [6.45, 7) is 8.75. The van der Waals surface area contributed by atoms with E-state index in [1.807, 2.05) is 20.9 Å². The molecule has 0 bridgehead atoms. The highest BCUT2D eigenvalue weighted by molar-refractivity contribution is 5.88. The van der Waals surface area contributed by atoms with E-state index in [9.17, 15) is 9.59 Å². The molecule has 15 heavy (non-hydrogen) atoms. The molecule has 1 heterocycles. The fraction of sp³-hybridized carbons (Fsp3) is 0.818. The van der Waals surface area contributed by atoms with E-state index >= 15 is 0 Å². The summed E-state index contributed by atoms with van der Waals surface area (Å²) in [5, 5.41) is 0. The first-order chi connectivity index (χ1) is 6.73. The molecule has 1 aliphatic heterocycles. The molecule has 0 aromatic heterocycles. The van der Waals surface area contributed by atoms with Crippen molar-refractivity contribution in [2.75, 3.05) is 20.1 Å². The molecule has 4 nitrogen and oxygen atoms in total. The number of likely N-dealkylation sites (N-methyl/N-ethyl adjacent to an activating group) is 1. The van der Waals surface area contributed by atoms with Gasteiger partial charge in [0.05, 0.1) is 12.1 Å². The van der Waals surface area contributed by atoms with Crippen molar-refractivity contribution in [2.24, 2.45) is 0 Å². The van der Waals surface area contributed by atoms with Gasteiger partial charge in [0.1, 0.15) is 6.29 Å². The summed E-state index contributed by atoms with van der Waals surface area (Å²) in [4.78, 5) is 26.3. The minimum absolute atomic E-state index is 0.0245. The van der Waals surface area contributed by atoms with Crippen LogP contribution >= 0.6 is 0 Å². The molecule has 0 unspecified atom stereocenters. The number of rotatable bonds is 2. The number of hydrogen-bond acceptors (Lipinski definition) is 3. The first-order valence-corrected chi connectivity index (χ1v) is 5.20. The van der Waals surface area contributed by atoms with Crippen molar-refractivity contribution < 1.29 is 9.59 Å². The predicted octanol–water partition coefficient (Wildman–Crippen LogP) is 0.516. The van der Waals surface area contributed by atoms with Gasteiger partial charge in [0.25, 0.3) is 0 Å². The van der Waals surface area contributed by atoms with Gasteiger partial charge < -0.3 is 9.69 Å². The van der Waals surface area contributed by atoms with Crippen LogP contribution in [0.5, 0.6) is 0 Å². The Morgan fingerprint density at radius 2 is 1.87 bits per heavy atom. The van der Waals surface area contributed by atoms with Gasteiger partial charge in [-0.2, -0.15) is 0 Å². The topological polar surface area (TPSA) is 40.6 Å². The summed E-state index contributed by atoms with van der Waals surface area (Å²) in [5.41, 5.74) is -0.634. The zero-order valence-electron chi connectivity index (χ0n) is 10.2. The second kappa shape index (κ2) is 3.59. The molecule has 86 valence electrons. The predicted molar refractivity (Wildman–Crippen MR) is 58.6 cm³/mol. The molecular weight excluding hydrogens is 192 g/mol. The first kappa shape index (κ1) is 12.2. The Morgan fingerprint density at radius 3 is 2.33 bits per heavy atom. The van der Waals surface area contributed by atoms with Crippen molar-refractivity contribution in [2.45, 2.75) is 38.8 Å². The van der Waals surface area contributed by atoms with E-state index in [2.05, 4.69) is 18.7 Å². The summed E-state index contributed by atoms with van der Waals surface area (Å²) in [6, 6.07) is 0. The van der Waals surface area contributed by atoms with Gasteiger partial charge in [-0.3, -0.25) is 9.69 Å². The van der Waals surface area contributed by atoms with Crippen LogP contribution in [0.25, 0.3) is 0 Å². The zero-order valence-corrected chi connectivity index (χ0v) is 10.2. The molecule has 0 saturated carbocycles. The number of nitrogens with zero attached hydrogens (tertiary/aromatic N) is 2. The summed E-state index contributed by atoms with van der Waals surface area (Å²) in [6.07, 6.45) is 0.787. The SMILES string of the molecule is CN1C(C)(C)CN(CC=O)C(=O)C1(C)C. The van der Waals surface area contributed by atoms with E-state index in [0.717, 1.165) is 6.29 Å². The van der Waals surface area contributed by atoms with E-state index in [1.165, 1.54) is 0 Å². The molecule has 0 spiro atoms. The van der Waals surface area contributed by atoms with Crippen LogP contribution in [0.15, 0.2) is 0 Å². The smallest absolute Gasteiger partial charge is 0.242 e. The number of piperazine rings is 1. The summed E-state index contributed by atoms with van der Waals surface area (Å²) in [7, 11) is 1.95. The molecule has 0 radical (unpaired) electrons. The standard InChI is InChI=1S/C11H20N2O2/c1-10(2)8-13(6-7-14)9(15)11(3,4)12(10)5/h7H,6,8H2,1-5H3. The lowest BCUT2D eigenvalue weighted by atomic mass is 9.88. The number of hydrogen-bond donors (Lipinski definition) is 0. The van der Waals surface area contributed by atoms with Gasteiger partial charge in [0, 0.05) is 12.1 Å². The van der Waals surface area contributed by atoms with Crippen LogP contribution in [0.4, 0.5) is 0 Å². The molecule has 0 atom stereocenters. The van der Waals surface area contributed by atoms with Crippen LogP contribution in [0.1, 0.15) is 27.7 Å². The monoisotopic (exact) mass is 212 g/mol. The van der Waals surface area contributed by atoms with Crippen LogP contribution in [-0.2, 0) is 9.59 Å². The fourth-order valence-corrected chi connectivity index (χ4v) is 2.17. The Hall–Kier alpha value is -0.900. The van der Waals surface area contributed by atoms with Crippen LogP contribution < -0.4 is 0 Å². The second-order valence-corrected chi connectivity index (χ2v) is 5.28. The van der Waals surface area contributed by atoms with Crippen molar-refractivity contribution in [3.8, 4) is 0 Å². The van der Waals surface area contributed by atoms with Crippen molar-refractivity contribution in [3.63, 3.8) is 0 Å². The minimum atomic E-state index is -0.537. The molecule has 0 aromatic rings. The zero-order chi connectivity index (χ0) is 11.9. The lowest BCUT2D eigenvalue weighted by Crippen LogP contribution is -2.70. The highest BCUT2D eigenvalue weighted by Crippen LogP contribution is 2.30. The highest BCUT2D eigenvalue weighted by atomic mass is 16.2. The van der Waals surface area contributed by atoms with E-state index in [0.29, 0.717) is 6.54 Å². The Balaban J connectivity index is 3.01. The van der Waals surface area contributed by atoms with Gasteiger partial charge in [-0.05, 0) is 34.7 Å². The molecule has 1 saturated heterocycles. The van der Waals surface area contributed by atoms with Crippen LogP contribution in [0, 0.1) is 0 Å².